The standard InChI is InChI=1S/C38H53BrNO3P/c1-37(2)31-35(36(41)42)38(3,4)40(37)43-29-21-10-8-6-5-7-9-11-22-30-44(39,32-23-15-12-16-24-32,33-25-17-13-18-26-33)34-27-19-14-20-28-34/h12-20,23-28,35H,5-11,21-22,29-31H2,1-4H3,(H,41,42). The van der Waals surface area contributed by atoms with Crippen molar-refractivity contribution in [2.24, 2.45) is 5.92 Å². The van der Waals surface area contributed by atoms with Crippen LogP contribution in [0.1, 0.15) is 91.9 Å². The van der Waals surface area contributed by atoms with Crippen LogP contribution in [0.3, 0.4) is 0 Å². The van der Waals surface area contributed by atoms with Crippen LogP contribution in [0.4, 0.5) is 0 Å². The summed E-state index contributed by atoms with van der Waals surface area (Å²) in [4.78, 5) is 17.9. The zero-order chi connectivity index (χ0) is 31.7. The van der Waals surface area contributed by atoms with Gasteiger partial charge in [-0.15, -0.1) is 0 Å². The number of carbonyl (C=O) groups is 1. The van der Waals surface area contributed by atoms with Gasteiger partial charge in [0, 0.05) is 5.54 Å². The molecule has 1 aliphatic heterocycles. The number of carboxylic acids is 1. The normalized spacial score (nSPS) is 18.9. The molecule has 1 fully saturated rings. The number of halogens is 1. The van der Waals surface area contributed by atoms with E-state index in [9.17, 15) is 9.90 Å². The Hall–Kier alpha value is -2.04. The Morgan fingerprint density at radius 2 is 1.11 bits per heavy atom. The summed E-state index contributed by atoms with van der Waals surface area (Å²) in [6, 6.07) is 33.3. The van der Waals surface area contributed by atoms with Gasteiger partial charge in [0.25, 0.3) is 0 Å². The van der Waals surface area contributed by atoms with Gasteiger partial charge in [0.1, 0.15) is 0 Å². The molecule has 1 saturated heterocycles. The van der Waals surface area contributed by atoms with E-state index in [1.165, 1.54) is 60.9 Å². The van der Waals surface area contributed by atoms with E-state index in [2.05, 4.69) is 120 Å². The molecule has 0 amide bonds. The van der Waals surface area contributed by atoms with Crippen LogP contribution in [0.5, 0.6) is 0 Å². The average Bonchev–Trinajstić information content (AvgIpc) is 3.22. The molecule has 6 heteroatoms. The van der Waals surface area contributed by atoms with Crippen molar-refractivity contribution in [3.05, 3.63) is 91.0 Å². The van der Waals surface area contributed by atoms with Crippen molar-refractivity contribution in [1.29, 1.82) is 0 Å². The van der Waals surface area contributed by atoms with Crippen molar-refractivity contribution < 1.29 is 14.7 Å². The molecule has 3 aromatic rings. The first-order valence-corrected chi connectivity index (χ1v) is 21.0. The molecule has 0 bridgehead atoms. The Bertz CT molecular complexity index is 1220. The molecule has 0 spiro atoms. The number of rotatable bonds is 17. The summed E-state index contributed by atoms with van der Waals surface area (Å²) in [5, 5.41) is 13.0. The van der Waals surface area contributed by atoms with Crippen molar-refractivity contribution in [3.8, 4) is 0 Å². The van der Waals surface area contributed by atoms with E-state index in [1.807, 2.05) is 18.9 Å². The van der Waals surface area contributed by atoms with Gasteiger partial charge in [0.15, 0.2) is 0 Å². The van der Waals surface area contributed by atoms with E-state index in [0.717, 1.165) is 19.0 Å². The van der Waals surface area contributed by atoms with Crippen LogP contribution in [-0.2, 0) is 9.63 Å². The van der Waals surface area contributed by atoms with Crippen LogP contribution in [0.25, 0.3) is 0 Å². The van der Waals surface area contributed by atoms with Crippen molar-refractivity contribution in [1.82, 2.24) is 5.06 Å². The van der Waals surface area contributed by atoms with Gasteiger partial charge in [-0.05, 0) is 34.1 Å². The molecule has 0 saturated carbocycles. The SMILES string of the molecule is CC1(C)CC(C(=O)O)C(C)(C)N1OCCCCCCCCCCCP(Br)(c1ccccc1)(c1ccccc1)c1ccccc1. The molecule has 4 nitrogen and oxygen atoms in total. The Kier molecular flexibility index (Phi) is 11.9. The zero-order valence-electron chi connectivity index (χ0n) is 27.3. The maximum atomic E-state index is 11.8. The molecule has 1 heterocycles. The molecule has 1 atom stereocenters. The molecular formula is C38H53BrNO3P. The molecule has 240 valence electrons. The molecule has 0 aromatic heterocycles. The predicted molar refractivity (Wildman–Crippen MR) is 192 cm³/mol. The van der Waals surface area contributed by atoms with E-state index >= 15 is 0 Å². The van der Waals surface area contributed by atoms with Crippen LogP contribution in [0.2, 0.25) is 0 Å². The van der Waals surface area contributed by atoms with Crippen LogP contribution >= 0.6 is 20.8 Å². The van der Waals surface area contributed by atoms with Crippen molar-refractivity contribution in [2.45, 2.75) is 103 Å². The Morgan fingerprint density at radius 1 is 0.727 bits per heavy atom. The first-order chi connectivity index (χ1) is 21.0. The number of nitrogens with zero attached hydrogens (tertiary/aromatic N) is 1. The summed E-state index contributed by atoms with van der Waals surface area (Å²) in [5.74, 6) is -1.14. The third kappa shape index (κ3) is 7.49. The monoisotopic (exact) mass is 681 g/mol. The summed E-state index contributed by atoms with van der Waals surface area (Å²) >= 11 is 4.58. The van der Waals surface area contributed by atoms with E-state index in [-0.39, 0.29) is 5.54 Å². The second-order valence-corrected chi connectivity index (χ2v) is 22.8. The molecule has 4 rings (SSSR count). The molecule has 1 N–H and O–H groups in total. The number of hydroxylamine groups is 2. The summed E-state index contributed by atoms with van der Waals surface area (Å²) in [6.45, 7) is 8.81. The van der Waals surface area contributed by atoms with E-state index in [4.69, 9.17) is 4.84 Å². The maximum absolute atomic E-state index is 11.8. The summed E-state index contributed by atoms with van der Waals surface area (Å²) < 4.78 is 0. The third-order valence-electron chi connectivity index (χ3n) is 9.75. The first kappa shape index (κ1) is 34.8. The van der Waals surface area contributed by atoms with Gasteiger partial charge in [0.2, 0.25) is 0 Å². The second kappa shape index (κ2) is 15.0. The third-order valence-corrected chi connectivity index (χ3v) is 19.8. The van der Waals surface area contributed by atoms with Gasteiger partial charge >= 0.3 is 209 Å². The van der Waals surface area contributed by atoms with Crippen molar-refractivity contribution >= 4 is 42.7 Å². The Morgan fingerprint density at radius 3 is 1.50 bits per heavy atom. The minimum atomic E-state index is -2.80. The molecule has 0 aliphatic carbocycles. The summed E-state index contributed by atoms with van der Waals surface area (Å²) in [6.07, 6.45) is 12.6. The first-order valence-electron chi connectivity index (χ1n) is 16.6. The van der Waals surface area contributed by atoms with Gasteiger partial charge in [-0.1, -0.05) is 0 Å². The molecule has 1 aliphatic rings. The number of hydrogen-bond donors (Lipinski definition) is 1. The average molecular weight is 683 g/mol. The molecular weight excluding hydrogens is 629 g/mol. The van der Waals surface area contributed by atoms with Gasteiger partial charge in [-0.2, -0.15) is 5.06 Å². The number of carboxylic acid groups (broad SMARTS) is 1. The fourth-order valence-corrected chi connectivity index (χ4v) is 15.2. The van der Waals surface area contributed by atoms with Gasteiger partial charge < -0.3 is 5.11 Å². The van der Waals surface area contributed by atoms with Crippen LogP contribution in [-0.4, -0.2) is 40.0 Å². The molecule has 3 aromatic carbocycles. The fourth-order valence-electron chi connectivity index (χ4n) is 7.44. The van der Waals surface area contributed by atoms with Crippen LogP contribution in [0.15, 0.2) is 91.0 Å². The van der Waals surface area contributed by atoms with Crippen LogP contribution in [0, 0.1) is 5.92 Å². The zero-order valence-corrected chi connectivity index (χ0v) is 29.7. The van der Waals surface area contributed by atoms with E-state index in [0.29, 0.717) is 13.0 Å². The Balaban J connectivity index is 1.22. The number of benzene rings is 3. The van der Waals surface area contributed by atoms with Crippen molar-refractivity contribution in [3.63, 3.8) is 0 Å². The van der Waals surface area contributed by atoms with Crippen LogP contribution < -0.4 is 15.9 Å². The molecule has 44 heavy (non-hydrogen) atoms. The number of aliphatic carboxylic acids is 1. The second-order valence-electron chi connectivity index (χ2n) is 13.8. The minimum absolute atomic E-state index is 0.272. The fraction of sp³-hybridized carbons (Fsp3) is 0.500. The van der Waals surface area contributed by atoms with E-state index in [1.54, 1.807) is 0 Å². The van der Waals surface area contributed by atoms with Gasteiger partial charge in [-0.3, -0.25) is 4.79 Å². The number of unbranched alkanes of at least 4 members (excludes halogenated alkanes) is 8. The quantitative estimate of drug-likeness (QED) is 0.114. The molecule has 1 unspecified atom stereocenters. The molecule has 0 radical (unpaired) electrons. The predicted octanol–water partition coefficient (Wildman–Crippen LogP) is 9.23. The number of hydrogen-bond acceptors (Lipinski definition) is 3. The summed E-state index contributed by atoms with van der Waals surface area (Å²) in [7, 11) is 0. The van der Waals surface area contributed by atoms with E-state index < -0.39 is 22.7 Å². The van der Waals surface area contributed by atoms with Gasteiger partial charge in [0.05, 0.1) is 11.5 Å². The van der Waals surface area contributed by atoms with Gasteiger partial charge in [-0.25, -0.2) is 0 Å². The summed E-state index contributed by atoms with van der Waals surface area (Å²) in [5.41, 5.74) is -0.776. The Labute approximate surface area is 274 Å². The van der Waals surface area contributed by atoms with Crippen molar-refractivity contribution in [2.75, 3.05) is 12.8 Å². The topological polar surface area (TPSA) is 49.8 Å².